The number of anilines is 1. The molecule has 0 radical (unpaired) electrons. The quantitative estimate of drug-likeness (QED) is 0.536. The van der Waals surface area contributed by atoms with Crippen LogP contribution in [0.4, 0.5) is 19.4 Å². The van der Waals surface area contributed by atoms with Crippen LogP contribution < -0.4 is 19.9 Å². The zero-order chi connectivity index (χ0) is 25.4. The zero-order valence-corrected chi connectivity index (χ0v) is 19.9. The van der Waals surface area contributed by atoms with Crippen molar-refractivity contribution in [3.63, 3.8) is 0 Å². The highest BCUT2D eigenvalue weighted by Crippen LogP contribution is 2.34. The average Bonchev–Trinajstić information content (AvgIpc) is 3.21. The summed E-state index contributed by atoms with van der Waals surface area (Å²) < 4.78 is 55.6. The Morgan fingerprint density at radius 3 is 2.86 bits per heavy atom. The molecule has 186 valence electrons. The minimum atomic E-state index is -3.78. The summed E-state index contributed by atoms with van der Waals surface area (Å²) in [6.45, 7) is 4.78. The predicted molar refractivity (Wildman–Crippen MR) is 123 cm³/mol. The number of urea groups is 1. The number of methoxy groups -OCH3 is 1. The van der Waals surface area contributed by atoms with Crippen molar-refractivity contribution in [1.82, 2.24) is 19.7 Å². The molecule has 14 heteroatoms. The number of nitrogens with one attached hydrogen (secondary N) is 1. The van der Waals surface area contributed by atoms with Gasteiger partial charge in [-0.2, -0.15) is 5.10 Å². The number of pyridine rings is 2. The fourth-order valence-corrected chi connectivity index (χ4v) is 4.44. The van der Waals surface area contributed by atoms with Crippen LogP contribution in [0, 0.1) is 5.41 Å². The van der Waals surface area contributed by atoms with Crippen LogP contribution in [0.25, 0.3) is 11.1 Å². The van der Waals surface area contributed by atoms with E-state index in [1.165, 1.54) is 36.3 Å². The normalized spacial score (nSPS) is 16.1. The minimum Gasteiger partial charge on any atom is -0.481 e. The topological polar surface area (TPSA) is 147 Å². The molecule has 1 aliphatic rings. The molecule has 0 aliphatic carbocycles. The molecule has 11 nitrogen and oxygen atoms in total. The molecule has 4 rings (SSSR count). The lowest BCUT2D eigenvalue weighted by atomic mass is 9.94. The highest BCUT2D eigenvalue weighted by atomic mass is 32.2. The molecule has 3 aromatic heterocycles. The maximum atomic E-state index is 13.3. The van der Waals surface area contributed by atoms with Gasteiger partial charge < -0.3 is 9.47 Å². The first-order valence-electron chi connectivity index (χ1n) is 10.3. The largest absolute Gasteiger partial charge is 0.481 e. The van der Waals surface area contributed by atoms with Crippen molar-refractivity contribution >= 4 is 21.8 Å². The van der Waals surface area contributed by atoms with E-state index < -0.39 is 28.1 Å². The van der Waals surface area contributed by atoms with Crippen molar-refractivity contribution in [3.8, 4) is 22.9 Å². The number of carbonyl (C=O) groups is 1. The van der Waals surface area contributed by atoms with Gasteiger partial charge >= 0.3 is 6.03 Å². The van der Waals surface area contributed by atoms with E-state index in [9.17, 15) is 17.8 Å². The van der Waals surface area contributed by atoms with Crippen LogP contribution in [-0.4, -0.2) is 43.7 Å². The van der Waals surface area contributed by atoms with Crippen molar-refractivity contribution in [1.29, 1.82) is 0 Å². The Hall–Kier alpha value is -3.65. The van der Waals surface area contributed by atoms with Gasteiger partial charge in [0.15, 0.2) is 9.92 Å². The van der Waals surface area contributed by atoms with E-state index in [4.69, 9.17) is 14.6 Å². The van der Waals surface area contributed by atoms with E-state index >= 15 is 0 Å². The summed E-state index contributed by atoms with van der Waals surface area (Å²) >= 11 is 0. The van der Waals surface area contributed by atoms with E-state index in [2.05, 4.69) is 24.7 Å². The van der Waals surface area contributed by atoms with E-state index in [-0.39, 0.29) is 33.5 Å². The SMILES string of the molecule is COc1cc(-c2ccc(C(F)F)nc2NC(=O)N=S(N)(=O)c2cnn3c2OCC(C)(C)C3)ccn1. The van der Waals surface area contributed by atoms with Gasteiger partial charge in [0.05, 0.1) is 26.5 Å². The van der Waals surface area contributed by atoms with E-state index in [1.54, 1.807) is 6.07 Å². The summed E-state index contributed by atoms with van der Waals surface area (Å²) in [5, 5.41) is 12.3. The molecule has 2 amide bonds. The van der Waals surface area contributed by atoms with Gasteiger partial charge in [0.2, 0.25) is 11.8 Å². The zero-order valence-electron chi connectivity index (χ0n) is 19.1. The van der Waals surface area contributed by atoms with Crippen molar-refractivity contribution in [2.24, 2.45) is 14.9 Å². The third-order valence-electron chi connectivity index (χ3n) is 5.09. The Morgan fingerprint density at radius 2 is 2.14 bits per heavy atom. The number of halogens is 2. The van der Waals surface area contributed by atoms with E-state index in [0.29, 0.717) is 18.7 Å². The lowest BCUT2D eigenvalue weighted by Gasteiger charge is -2.30. The average molecular weight is 508 g/mol. The number of hydrogen-bond donors (Lipinski definition) is 2. The highest BCUT2D eigenvalue weighted by molar-refractivity contribution is 7.91. The lowest BCUT2D eigenvalue weighted by molar-refractivity contribution is 0.0972. The summed E-state index contributed by atoms with van der Waals surface area (Å²) in [5.74, 6) is 0.201. The Morgan fingerprint density at radius 1 is 1.37 bits per heavy atom. The number of hydrogen-bond acceptors (Lipinski definition) is 7. The minimum absolute atomic E-state index is 0.0449. The molecule has 1 unspecified atom stereocenters. The second-order valence-electron chi connectivity index (χ2n) is 8.53. The summed E-state index contributed by atoms with van der Waals surface area (Å²) in [6.07, 6.45) is -0.203. The maximum Gasteiger partial charge on any atom is 0.356 e. The summed E-state index contributed by atoms with van der Waals surface area (Å²) in [5.41, 5.74) is -0.000140. The van der Waals surface area contributed by atoms with Gasteiger partial charge in [0, 0.05) is 23.2 Å². The number of carbonyl (C=O) groups excluding carboxylic acids is 1. The third kappa shape index (κ3) is 5.22. The van der Waals surface area contributed by atoms with Crippen LogP contribution in [0.15, 0.2) is 45.9 Å². The summed E-state index contributed by atoms with van der Waals surface area (Å²) in [6, 6.07) is 4.47. The van der Waals surface area contributed by atoms with Crippen LogP contribution in [0.5, 0.6) is 11.8 Å². The Bertz CT molecular complexity index is 1400. The molecular formula is C21H23F2N7O4S. The molecule has 3 aromatic rings. The Kier molecular flexibility index (Phi) is 6.42. The second kappa shape index (κ2) is 9.19. The van der Waals surface area contributed by atoms with Gasteiger partial charge in [-0.1, -0.05) is 13.8 Å². The molecule has 1 atom stereocenters. The van der Waals surface area contributed by atoms with Gasteiger partial charge in [0.25, 0.3) is 6.43 Å². The molecule has 0 aromatic carbocycles. The maximum absolute atomic E-state index is 13.3. The van der Waals surface area contributed by atoms with Crippen LogP contribution in [0.3, 0.4) is 0 Å². The molecule has 4 heterocycles. The van der Waals surface area contributed by atoms with Crippen LogP contribution in [0.2, 0.25) is 0 Å². The number of aromatic nitrogens is 4. The number of ether oxygens (including phenoxy) is 2. The number of rotatable bonds is 5. The number of amides is 2. The predicted octanol–water partition coefficient (Wildman–Crippen LogP) is 3.64. The summed E-state index contributed by atoms with van der Waals surface area (Å²) in [7, 11) is -2.36. The number of fused-ring (bicyclic) bond motifs is 1. The first-order chi connectivity index (χ1) is 16.5. The third-order valence-corrected chi connectivity index (χ3v) is 6.44. The van der Waals surface area contributed by atoms with Crippen LogP contribution >= 0.6 is 0 Å². The van der Waals surface area contributed by atoms with Gasteiger partial charge in [0.1, 0.15) is 16.4 Å². The number of nitrogens with two attached hydrogens (primary N) is 1. The van der Waals surface area contributed by atoms with Crippen molar-refractivity contribution in [2.75, 3.05) is 19.0 Å². The molecule has 0 bridgehead atoms. The number of nitrogens with zero attached hydrogens (tertiary/aromatic N) is 5. The fourth-order valence-electron chi connectivity index (χ4n) is 3.44. The van der Waals surface area contributed by atoms with Gasteiger partial charge in [-0.25, -0.2) is 37.6 Å². The first kappa shape index (κ1) is 24.5. The van der Waals surface area contributed by atoms with Gasteiger partial charge in [-0.05, 0) is 23.8 Å². The Labute approximate surface area is 200 Å². The molecule has 0 spiro atoms. The second-order valence-corrected chi connectivity index (χ2v) is 10.3. The first-order valence-corrected chi connectivity index (χ1v) is 11.9. The molecule has 1 aliphatic heterocycles. The number of alkyl halides is 2. The smallest absolute Gasteiger partial charge is 0.356 e. The van der Waals surface area contributed by atoms with E-state index in [1.807, 2.05) is 13.8 Å². The van der Waals surface area contributed by atoms with Crippen LogP contribution in [-0.2, 0) is 16.5 Å². The van der Waals surface area contributed by atoms with Crippen molar-refractivity contribution in [2.45, 2.75) is 31.7 Å². The molecule has 0 saturated heterocycles. The lowest BCUT2D eigenvalue weighted by Crippen LogP contribution is -2.33. The molecule has 3 N–H and O–H groups in total. The van der Waals surface area contributed by atoms with Crippen molar-refractivity contribution in [3.05, 3.63) is 42.4 Å². The van der Waals surface area contributed by atoms with Crippen LogP contribution in [0.1, 0.15) is 26.0 Å². The Balaban J connectivity index is 1.68. The monoisotopic (exact) mass is 507 g/mol. The molecule has 35 heavy (non-hydrogen) atoms. The molecule has 0 fully saturated rings. The fraction of sp³-hybridized carbons (Fsp3) is 0.333. The molecular weight excluding hydrogens is 484 g/mol. The van der Waals surface area contributed by atoms with Gasteiger partial charge in [-0.15, -0.1) is 4.36 Å². The van der Waals surface area contributed by atoms with E-state index in [0.717, 1.165) is 6.07 Å². The highest BCUT2D eigenvalue weighted by Gasteiger charge is 2.32. The summed E-state index contributed by atoms with van der Waals surface area (Å²) in [4.78, 5) is 20.5. The molecule has 0 saturated carbocycles. The van der Waals surface area contributed by atoms with Crippen molar-refractivity contribution < 1.29 is 27.3 Å². The van der Waals surface area contributed by atoms with Gasteiger partial charge in [-0.3, -0.25) is 5.32 Å². The standard InChI is InChI=1S/C21H23F2N7O4S/c1-21(2)10-30-19(34-11-21)15(9-26-30)35(24,32)29-20(31)28-18-13(4-5-14(27-18)17(22)23)12-6-7-25-16(8-12)33-3/h4-9,17H,10-11H2,1-3H3,(H3,24,27,28,29,31,32).